The number of aliphatic hydroxyl groups excluding tert-OH is 1. The molecule has 0 bridgehead atoms. The molecule has 1 fully saturated rings. The molecule has 0 amide bonds. The van der Waals surface area contributed by atoms with Crippen molar-refractivity contribution in [3.63, 3.8) is 0 Å². The highest BCUT2D eigenvalue weighted by Crippen LogP contribution is 2.17. The van der Waals surface area contributed by atoms with Crippen LogP contribution in [0.3, 0.4) is 0 Å². The maximum Gasteiger partial charge on any atom is 0.350 e. The zero-order valence-corrected chi connectivity index (χ0v) is 18.7. The third-order valence-electron chi connectivity index (χ3n) is 5.57. The Balaban J connectivity index is 1.33. The molecule has 1 aliphatic carbocycles. The van der Waals surface area contributed by atoms with Crippen LogP contribution in [0.5, 0.6) is 5.75 Å². The third kappa shape index (κ3) is 5.32. The number of aromatic nitrogens is 3. The Labute approximate surface area is 188 Å². The fraction of sp³-hybridized carbons (Fsp3) is 0.455. The van der Waals surface area contributed by atoms with Crippen LogP contribution in [0, 0.1) is 6.92 Å². The predicted octanol–water partition coefficient (Wildman–Crippen LogP) is 2.00. The topological polar surface area (TPSA) is 122 Å². The molecule has 3 N–H and O–H groups in total. The van der Waals surface area contributed by atoms with Crippen LogP contribution >= 0.6 is 11.5 Å². The van der Waals surface area contributed by atoms with Crippen molar-refractivity contribution in [3.8, 4) is 5.75 Å². The van der Waals surface area contributed by atoms with E-state index in [9.17, 15) is 14.7 Å². The van der Waals surface area contributed by atoms with Gasteiger partial charge in [-0.05, 0) is 61.1 Å². The molecule has 2 heterocycles. The highest BCUT2D eigenvalue weighted by molar-refractivity contribution is 7.12. The van der Waals surface area contributed by atoms with Gasteiger partial charge in [0, 0.05) is 12.6 Å². The van der Waals surface area contributed by atoms with Gasteiger partial charge in [-0.1, -0.05) is 19.3 Å². The lowest BCUT2D eigenvalue weighted by Crippen LogP contribution is -2.38. The van der Waals surface area contributed by atoms with Crippen LogP contribution in [-0.4, -0.2) is 50.7 Å². The lowest BCUT2D eigenvalue weighted by Gasteiger charge is -2.24. The summed E-state index contributed by atoms with van der Waals surface area (Å²) in [5.74, 6) is 0.621. The lowest BCUT2D eigenvalue weighted by molar-refractivity contribution is 0.102. The minimum Gasteiger partial charge on any atom is -0.491 e. The second kappa shape index (κ2) is 10.2. The monoisotopic (exact) mass is 457 g/mol. The maximum atomic E-state index is 12.6. The summed E-state index contributed by atoms with van der Waals surface area (Å²) in [6.45, 7) is 2.43. The van der Waals surface area contributed by atoms with Crippen molar-refractivity contribution >= 4 is 28.0 Å². The van der Waals surface area contributed by atoms with E-state index in [4.69, 9.17) is 4.74 Å². The van der Waals surface area contributed by atoms with Gasteiger partial charge >= 0.3 is 5.69 Å². The third-order valence-corrected chi connectivity index (χ3v) is 6.43. The van der Waals surface area contributed by atoms with Crippen LogP contribution < -0.4 is 21.3 Å². The Morgan fingerprint density at radius 2 is 2.06 bits per heavy atom. The quantitative estimate of drug-likeness (QED) is 0.445. The molecule has 1 unspecified atom stereocenters. The average Bonchev–Trinajstić information content (AvgIpc) is 3.18. The summed E-state index contributed by atoms with van der Waals surface area (Å²) < 4.78 is 10.6. The molecular formula is C22H27N5O4S. The van der Waals surface area contributed by atoms with Gasteiger partial charge in [0.15, 0.2) is 0 Å². The van der Waals surface area contributed by atoms with Gasteiger partial charge in [0.2, 0.25) is 0 Å². The number of hydrogen-bond donors (Lipinski definition) is 3. The molecule has 0 spiro atoms. The fourth-order valence-electron chi connectivity index (χ4n) is 3.80. The Morgan fingerprint density at radius 3 is 2.81 bits per heavy atom. The largest absolute Gasteiger partial charge is 0.491 e. The zero-order chi connectivity index (χ0) is 22.5. The molecule has 170 valence electrons. The Bertz CT molecular complexity index is 1190. The van der Waals surface area contributed by atoms with Gasteiger partial charge in [0.1, 0.15) is 23.3 Å². The first-order chi connectivity index (χ1) is 15.5. The summed E-state index contributed by atoms with van der Waals surface area (Å²) in [5.41, 5.74) is 0.150. The fourth-order valence-corrected chi connectivity index (χ4v) is 4.57. The molecule has 1 atom stereocenters. The van der Waals surface area contributed by atoms with Gasteiger partial charge in [-0.3, -0.25) is 9.78 Å². The van der Waals surface area contributed by atoms with Gasteiger partial charge in [-0.2, -0.15) is 9.47 Å². The first kappa shape index (κ1) is 22.4. The number of hydrogen-bond acceptors (Lipinski definition) is 8. The minimum absolute atomic E-state index is 0.200. The molecule has 0 aliphatic heterocycles. The van der Waals surface area contributed by atoms with Gasteiger partial charge in [0.05, 0.1) is 17.3 Å². The number of aryl methyl sites for hydroxylation is 1. The minimum atomic E-state index is -0.613. The molecule has 0 radical (unpaired) electrons. The van der Waals surface area contributed by atoms with E-state index in [1.165, 1.54) is 38.3 Å². The van der Waals surface area contributed by atoms with E-state index >= 15 is 0 Å². The van der Waals surface area contributed by atoms with E-state index in [-0.39, 0.29) is 6.61 Å². The summed E-state index contributed by atoms with van der Waals surface area (Å²) in [5, 5.41) is 18.0. The molecule has 32 heavy (non-hydrogen) atoms. The molecule has 10 heteroatoms. The van der Waals surface area contributed by atoms with Crippen molar-refractivity contribution in [2.75, 3.05) is 13.2 Å². The molecule has 9 nitrogen and oxygen atoms in total. The molecular weight excluding hydrogens is 430 g/mol. The van der Waals surface area contributed by atoms with E-state index in [0.29, 0.717) is 39.8 Å². The van der Waals surface area contributed by atoms with Gasteiger partial charge in [-0.15, -0.1) is 4.68 Å². The number of rotatable bonds is 8. The van der Waals surface area contributed by atoms with Crippen molar-refractivity contribution in [3.05, 3.63) is 56.4 Å². The Hall–Kier alpha value is -2.82. The van der Waals surface area contributed by atoms with E-state index in [1.54, 1.807) is 31.2 Å². The van der Waals surface area contributed by atoms with Crippen molar-refractivity contribution in [1.82, 2.24) is 19.4 Å². The van der Waals surface area contributed by atoms with Gasteiger partial charge < -0.3 is 15.2 Å². The van der Waals surface area contributed by atoms with Crippen molar-refractivity contribution in [2.45, 2.75) is 51.2 Å². The first-order valence-corrected chi connectivity index (χ1v) is 11.6. The summed E-state index contributed by atoms with van der Waals surface area (Å²) in [6.07, 6.45) is 7.01. The highest BCUT2D eigenvalue weighted by atomic mass is 32.1. The zero-order valence-electron chi connectivity index (χ0n) is 17.9. The smallest absolute Gasteiger partial charge is 0.350 e. The van der Waals surface area contributed by atoms with Crippen molar-refractivity contribution in [1.29, 1.82) is 0 Å². The molecule has 0 saturated heterocycles. The lowest BCUT2D eigenvalue weighted by atomic mass is 9.95. The number of nitrogens with zero attached hydrogens (tertiary/aromatic N) is 3. The number of aliphatic hydroxyl groups is 1. The SMILES string of the molecule is Cc1nsc2[nH]c(=O)n(/N=C/c3ccc(OCC(O)CNC4CCCCC4)cc3)c(=O)c12. The second-order valence-corrected chi connectivity index (χ2v) is 8.81. The van der Waals surface area contributed by atoms with Crippen molar-refractivity contribution < 1.29 is 9.84 Å². The second-order valence-electron chi connectivity index (χ2n) is 8.04. The number of nitrogens with one attached hydrogen (secondary N) is 2. The average molecular weight is 458 g/mol. The van der Waals surface area contributed by atoms with E-state index < -0.39 is 17.4 Å². The number of fused-ring (bicyclic) bond motifs is 1. The standard InChI is InChI=1S/C22H27N5O4S/c1-14-19-20(32-26-14)25-22(30)27(21(19)29)24-11-15-7-9-18(10-8-15)31-13-17(28)12-23-16-5-3-2-4-6-16/h7-11,16-17,23,28H,2-6,12-13H2,1H3,(H,25,30)/b24-11+. The van der Waals surface area contributed by atoms with Crippen LogP contribution in [-0.2, 0) is 0 Å². The Kier molecular flexibility index (Phi) is 7.13. The highest BCUT2D eigenvalue weighted by Gasteiger charge is 2.15. The van der Waals surface area contributed by atoms with Gasteiger partial charge in [0.25, 0.3) is 5.56 Å². The van der Waals surface area contributed by atoms with Crippen molar-refractivity contribution in [2.24, 2.45) is 5.10 Å². The van der Waals surface area contributed by atoms with Crippen LogP contribution in [0.2, 0.25) is 0 Å². The number of ether oxygens (including phenoxy) is 1. The summed E-state index contributed by atoms with van der Waals surface area (Å²) in [6, 6.07) is 7.54. The van der Waals surface area contributed by atoms with Crippen LogP contribution in [0.25, 0.3) is 10.2 Å². The summed E-state index contributed by atoms with van der Waals surface area (Å²) >= 11 is 1.08. The Morgan fingerprint density at radius 1 is 1.31 bits per heavy atom. The number of aromatic amines is 1. The molecule has 1 aromatic carbocycles. The molecule has 1 saturated carbocycles. The molecule has 1 aliphatic rings. The summed E-state index contributed by atoms with van der Waals surface area (Å²) in [4.78, 5) is 27.8. The molecule has 4 rings (SSSR count). The van der Waals surface area contributed by atoms with Crippen LogP contribution in [0.4, 0.5) is 0 Å². The normalized spacial score (nSPS) is 16.1. The van der Waals surface area contributed by atoms with E-state index in [0.717, 1.165) is 16.2 Å². The molecule has 3 aromatic rings. The molecule has 2 aromatic heterocycles. The van der Waals surface area contributed by atoms with Gasteiger partial charge in [-0.25, -0.2) is 4.79 Å². The number of H-pyrrole nitrogens is 1. The summed E-state index contributed by atoms with van der Waals surface area (Å²) in [7, 11) is 0. The predicted molar refractivity (Wildman–Crippen MR) is 125 cm³/mol. The number of benzene rings is 1. The van der Waals surface area contributed by atoms with E-state index in [2.05, 4.69) is 19.8 Å². The van der Waals surface area contributed by atoms with Crippen LogP contribution in [0.15, 0.2) is 39.0 Å². The van der Waals surface area contributed by atoms with E-state index in [1.807, 2.05) is 0 Å². The first-order valence-electron chi connectivity index (χ1n) is 10.8. The maximum absolute atomic E-state index is 12.6. The van der Waals surface area contributed by atoms with Crippen LogP contribution in [0.1, 0.15) is 43.4 Å².